The summed E-state index contributed by atoms with van der Waals surface area (Å²) in [5.41, 5.74) is 0.102. The number of amides is 1. The van der Waals surface area contributed by atoms with E-state index in [9.17, 15) is 13.2 Å². The summed E-state index contributed by atoms with van der Waals surface area (Å²) in [7, 11) is -2.90. The van der Waals surface area contributed by atoms with Gasteiger partial charge >= 0.3 is 0 Å². The summed E-state index contributed by atoms with van der Waals surface area (Å²) >= 11 is 4.24. The Balaban J connectivity index is 1.80. The van der Waals surface area contributed by atoms with Crippen molar-refractivity contribution >= 4 is 28.4 Å². The largest absolute Gasteiger partial charge is 0.352 e. The molecule has 92 valence electrons. The van der Waals surface area contributed by atoms with Crippen molar-refractivity contribution in [2.24, 2.45) is 5.41 Å². The van der Waals surface area contributed by atoms with Crippen molar-refractivity contribution in [3.63, 3.8) is 0 Å². The lowest BCUT2D eigenvalue weighted by molar-refractivity contribution is -0.122. The third kappa shape index (κ3) is 2.91. The molecule has 1 aliphatic heterocycles. The van der Waals surface area contributed by atoms with Crippen LogP contribution in [0.15, 0.2) is 0 Å². The molecule has 2 fully saturated rings. The van der Waals surface area contributed by atoms with Crippen molar-refractivity contribution in [2.75, 3.05) is 17.3 Å². The molecule has 4 nitrogen and oxygen atoms in total. The molecule has 2 rings (SSSR count). The maximum atomic E-state index is 11.7. The average Bonchev–Trinajstić information content (AvgIpc) is 2.87. The fourth-order valence-electron chi connectivity index (χ4n) is 2.10. The van der Waals surface area contributed by atoms with Gasteiger partial charge in [0.1, 0.15) is 0 Å². The van der Waals surface area contributed by atoms with Crippen LogP contribution in [0.5, 0.6) is 0 Å². The maximum absolute atomic E-state index is 11.7. The molecule has 1 heterocycles. The molecular formula is C10H17NO3S2. The van der Waals surface area contributed by atoms with Crippen LogP contribution in [-0.2, 0) is 14.6 Å². The van der Waals surface area contributed by atoms with E-state index in [0.717, 1.165) is 18.6 Å². The number of carbonyl (C=O) groups is 1. The molecule has 0 radical (unpaired) electrons. The predicted octanol–water partition coefficient (Wildman–Crippen LogP) is 0.390. The standard InChI is InChI=1S/C10H17NO3S2/c12-9(5-10(7-15)2-3-10)11-8-1-4-16(13,14)6-8/h8,15H,1-7H2,(H,11,12). The highest BCUT2D eigenvalue weighted by molar-refractivity contribution is 7.91. The molecule has 2 aliphatic rings. The molecule has 1 atom stereocenters. The smallest absolute Gasteiger partial charge is 0.220 e. The van der Waals surface area contributed by atoms with Gasteiger partial charge in [0, 0.05) is 12.5 Å². The highest BCUT2D eigenvalue weighted by Gasteiger charge is 2.43. The van der Waals surface area contributed by atoms with Crippen LogP contribution in [0.3, 0.4) is 0 Å². The quantitative estimate of drug-likeness (QED) is 0.721. The number of carbonyl (C=O) groups excluding carboxylic acids is 1. The lowest BCUT2D eigenvalue weighted by Gasteiger charge is -2.14. The van der Waals surface area contributed by atoms with Crippen LogP contribution in [0, 0.1) is 5.41 Å². The Morgan fingerprint density at radius 3 is 2.56 bits per heavy atom. The number of rotatable bonds is 4. The minimum atomic E-state index is -2.90. The summed E-state index contributed by atoms with van der Waals surface area (Å²) in [6, 6.07) is -0.173. The highest BCUT2D eigenvalue weighted by atomic mass is 32.2. The Labute approximate surface area is 102 Å². The number of sulfone groups is 1. The van der Waals surface area contributed by atoms with Crippen LogP contribution >= 0.6 is 12.6 Å². The second-order valence-corrected chi connectivity index (χ2v) is 7.55. The third-order valence-corrected chi connectivity index (χ3v) is 5.86. The Morgan fingerprint density at radius 1 is 1.44 bits per heavy atom. The third-order valence-electron chi connectivity index (χ3n) is 3.43. The van der Waals surface area contributed by atoms with Gasteiger partial charge in [0.2, 0.25) is 5.91 Å². The van der Waals surface area contributed by atoms with Crippen molar-refractivity contribution in [1.82, 2.24) is 5.32 Å². The summed E-state index contributed by atoms with van der Waals surface area (Å²) in [6.07, 6.45) is 3.18. The first kappa shape index (κ1) is 12.2. The summed E-state index contributed by atoms with van der Waals surface area (Å²) in [4.78, 5) is 11.7. The first-order valence-corrected chi connectivity index (χ1v) is 8.01. The molecule has 1 N–H and O–H groups in total. The lowest BCUT2D eigenvalue weighted by Crippen LogP contribution is -2.37. The second-order valence-electron chi connectivity index (χ2n) is 5.00. The molecule has 6 heteroatoms. The van der Waals surface area contributed by atoms with Crippen LogP contribution in [0.25, 0.3) is 0 Å². The minimum absolute atomic E-state index is 0.0198. The van der Waals surface area contributed by atoms with Crippen LogP contribution < -0.4 is 5.32 Å². The topological polar surface area (TPSA) is 63.2 Å². The molecule has 1 saturated heterocycles. The summed E-state index contributed by atoms with van der Waals surface area (Å²) < 4.78 is 22.4. The van der Waals surface area contributed by atoms with E-state index in [1.165, 1.54) is 0 Å². The molecule has 0 bridgehead atoms. The van der Waals surface area contributed by atoms with Gasteiger partial charge in [0.15, 0.2) is 9.84 Å². The van der Waals surface area contributed by atoms with Gasteiger partial charge < -0.3 is 5.32 Å². The van der Waals surface area contributed by atoms with Gasteiger partial charge in [-0.05, 0) is 30.4 Å². The number of hydrogen-bond acceptors (Lipinski definition) is 4. The molecule has 0 aromatic carbocycles. The number of thiol groups is 1. The molecule has 16 heavy (non-hydrogen) atoms. The molecule has 0 spiro atoms. The highest BCUT2D eigenvalue weighted by Crippen LogP contribution is 2.49. The van der Waals surface area contributed by atoms with Gasteiger partial charge in [-0.15, -0.1) is 0 Å². The fraction of sp³-hybridized carbons (Fsp3) is 0.900. The van der Waals surface area contributed by atoms with Gasteiger partial charge in [-0.2, -0.15) is 12.6 Å². The van der Waals surface area contributed by atoms with Crippen LogP contribution in [0.1, 0.15) is 25.7 Å². The second kappa shape index (κ2) is 4.22. The zero-order chi connectivity index (χ0) is 11.8. The van der Waals surface area contributed by atoms with Gasteiger partial charge in [-0.1, -0.05) is 0 Å². The molecule has 1 aliphatic carbocycles. The fourth-order valence-corrected chi connectivity index (χ4v) is 4.20. The Kier molecular flexibility index (Phi) is 3.22. The first-order chi connectivity index (χ1) is 7.45. The van der Waals surface area contributed by atoms with Crippen molar-refractivity contribution < 1.29 is 13.2 Å². The van der Waals surface area contributed by atoms with Crippen LogP contribution in [-0.4, -0.2) is 37.6 Å². The predicted molar refractivity (Wildman–Crippen MR) is 65.3 cm³/mol. The summed E-state index contributed by atoms with van der Waals surface area (Å²) in [5.74, 6) is 1.03. The van der Waals surface area contributed by atoms with Crippen molar-refractivity contribution in [3.8, 4) is 0 Å². The number of nitrogens with one attached hydrogen (secondary N) is 1. The Bertz CT molecular complexity index is 387. The molecule has 1 saturated carbocycles. The van der Waals surface area contributed by atoms with Crippen molar-refractivity contribution in [3.05, 3.63) is 0 Å². The van der Waals surface area contributed by atoms with E-state index in [0.29, 0.717) is 12.8 Å². The van der Waals surface area contributed by atoms with E-state index in [-0.39, 0.29) is 28.9 Å². The van der Waals surface area contributed by atoms with E-state index in [1.54, 1.807) is 0 Å². The van der Waals surface area contributed by atoms with Gasteiger partial charge in [-0.25, -0.2) is 8.42 Å². The molecule has 0 aromatic heterocycles. The monoisotopic (exact) mass is 263 g/mol. The number of hydrogen-bond donors (Lipinski definition) is 2. The van der Waals surface area contributed by atoms with Gasteiger partial charge in [-0.3, -0.25) is 4.79 Å². The van der Waals surface area contributed by atoms with Gasteiger partial charge in [0.25, 0.3) is 0 Å². The van der Waals surface area contributed by atoms with Crippen LogP contribution in [0.4, 0.5) is 0 Å². The molecule has 0 aromatic rings. The van der Waals surface area contributed by atoms with Crippen molar-refractivity contribution in [2.45, 2.75) is 31.7 Å². The molecular weight excluding hydrogens is 246 g/mol. The Morgan fingerprint density at radius 2 is 2.12 bits per heavy atom. The molecule has 1 unspecified atom stereocenters. The van der Waals surface area contributed by atoms with Crippen LogP contribution in [0.2, 0.25) is 0 Å². The maximum Gasteiger partial charge on any atom is 0.220 e. The van der Waals surface area contributed by atoms with E-state index in [2.05, 4.69) is 17.9 Å². The lowest BCUT2D eigenvalue weighted by atomic mass is 10.0. The van der Waals surface area contributed by atoms with E-state index in [1.807, 2.05) is 0 Å². The summed E-state index contributed by atoms with van der Waals surface area (Å²) in [5, 5.41) is 2.81. The molecule has 1 amide bonds. The van der Waals surface area contributed by atoms with Crippen molar-refractivity contribution in [1.29, 1.82) is 0 Å². The minimum Gasteiger partial charge on any atom is -0.352 e. The van der Waals surface area contributed by atoms with E-state index in [4.69, 9.17) is 0 Å². The zero-order valence-corrected chi connectivity index (χ0v) is 10.8. The average molecular weight is 263 g/mol. The van der Waals surface area contributed by atoms with Gasteiger partial charge in [0.05, 0.1) is 11.5 Å². The first-order valence-electron chi connectivity index (χ1n) is 5.55. The SMILES string of the molecule is O=C(CC1(CS)CC1)NC1CCS(=O)(=O)C1. The Hall–Kier alpha value is -0.230. The van der Waals surface area contributed by atoms with E-state index >= 15 is 0 Å². The van der Waals surface area contributed by atoms with E-state index < -0.39 is 9.84 Å². The normalized spacial score (nSPS) is 29.9. The zero-order valence-electron chi connectivity index (χ0n) is 9.11. The summed E-state index contributed by atoms with van der Waals surface area (Å²) in [6.45, 7) is 0.